The topological polar surface area (TPSA) is 203 Å². The Morgan fingerprint density at radius 2 is 1.88 bits per heavy atom. The highest BCUT2D eigenvalue weighted by Gasteiger charge is 2.31. The van der Waals surface area contributed by atoms with Gasteiger partial charge in [-0.2, -0.15) is 0 Å². The largest absolute Gasteiger partial charge is 0.481 e. The van der Waals surface area contributed by atoms with E-state index in [1.807, 2.05) is 6.92 Å². The number of aromatic amines is 1. The number of hydrogen-bond acceptors (Lipinski definition) is 8. The van der Waals surface area contributed by atoms with Crippen LogP contribution in [0.15, 0.2) is 29.4 Å². The number of esters is 1. The number of carboxylic acid groups (broad SMARTS) is 1. The molecule has 1 saturated carbocycles. The second kappa shape index (κ2) is 14.6. The average Bonchev–Trinajstić information content (AvgIpc) is 3.69. The molecule has 14 heteroatoms. The van der Waals surface area contributed by atoms with Crippen LogP contribution in [0.4, 0.5) is 10.5 Å². The van der Waals surface area contributed by atoms with E-state index >= 15 is 0 Å². The number of aliphatic carboxylic acids is 1. The Hall–Kier alpha value is -5.01. The van der Waals surface area contributed by atoms with Gasteiger partial charge in [0.05, 0.1) is 29.8 Å². The lowest BCUT2D eigenvalue weighted by molar-refractivity contribution is -0.154. The first-order chi connectivity index (χ1) is 20.1. The zero-order valence-corrected chi connectivity index (χ0v) is 23.6. The number of ether oxygens (including phenoxy) is 2. The molecule has 1 aromatic heterocycles. The summed E-state index contributed by atoms with van der Waals surface area (Å²) < 4.78 is 10.1. The van der Waals surface area contributed by atoms with Gasteiger partial charge in [0, 0.05) is 24.3 Å². The number of nitrogens with one attached hydrogen (secondary N) is 4. The van der Waals surface area contributed by atoms with E-state index in [2.05, 4.69) is 20.6 Å². The lowest BCUT2D eigenvalue weighted by atomic mass is 10.1. The van der Waals surface area contributed by atoms with Crippen LogP contribution in [-0.4, -0.2) is 71.5 Å². The number of carboxylic acids is 1. The molecule has 0 atom stereocenters. The summed E-state index contributed by atoms with van der Waals surface area (Å²) in [5.74, 6) is -2.88. The van der Waals surface area contributed by atoms with Crippen molar-refractivity contribution in [3.05, 3.63) is 52.3 Å². The van der Waals surface area contributed by atoms with E-state index in [9.17, 15) is 24.0 Å². The third kappa shape index (κ3) is 8.25. The minimum atomic E-state index is -1.19. The summed E-state index contributed by atoms with van der Waals surface area (Å²) in [6.45, 7) is 4.86. The highest BCUT2D eigenvalue weighted by molar-refractivity contribution is 6.24. The number of benzene rings is 1. The van der Waals surface area contributed by atoms with Crippen LogP contribution in [0.25, 0.3) is 0 Å². The maximum atomic E-state index is 13.6. The van der Waals surface area contributed by atoms with Gasteiger partial charge in [-0.25, -0.2) is 14.7 Å². The van der Waals surface area contributed by atoms with Gasteiger partial charge in [-0.15, -0.1) is 0 Å². The molecular formula is C28H34N6O8. The van der Waals surface area contributed by atoms with Crippen LogP contribution in [0.2, 0.25) is 0 Å². The van der Waals surface area contributed by atoms with E-state index < -0.39 is 37.7 Å². The van der Waals surface area contributed by atoms with Crippen molar-refractivity contribution in [3.8, 4) is 0 Å². The molecule has 0 spiro atoms. The van der Waals surface area contributed by atoms with Gasteiger partial charge < -0.3 is 30.2 Å². The maximum absolute atomic E-state index is 13.6. The normalized spacial score (nSPS) is 12.7. The number of hydrogen-bond donors (Lipinski definition) is 5. The first kappa shape index (κ1) is 31.5. The minimum absolute atomic E-state index is 0.110. The highest BCUT2D eigenvalue weighted by Crippen LogP contribution is 2.27. The molecule has 0 aliphatic heterocycles. The molecule has 0 radical (unpaired) electrons. The summed E-state index contributed by atoms with van der Waals surface area (Å²) in [7, 11) is 0. The Morgan fingerprint density at radius 3 is 2.52 bits per heavy atom. The monoisotopic (exact) mass is 582 g/mol. The van der Waals surface area contributed by atoms with E-state index in [0.29, 0.717) is 36.0 Å². The zero-order valence-electron chi connectivity index (χ0n) is 23.6. The number of aryl methyl sites for hydroxylation is 1. The van der Waals surface area contributed by atoms with Crippen LogP contribution in [0, 0.1) is 19.3 Å². The maximum Gasteiger partial charge on any atom is 0.423 e. The number of H-pyrrole nitrogens is 1. The average molecular weight is 583 g/mol. The van der Waals surface area contributed by atoms with Crippen molar-refractivity contribution >= 4 is 47.7 Å². The number of carbonyl (C=O) groups excluding carboxylic acids is 4. The van der Waals surface area contributed by atoms with Crippen molar-refractivity contribution in [2.24, 2.45) is 4.99 Å². The summed E-state index contributed by atoms with van der Waals surface area (Å²) in [6.07, 6.45) is 2.73. The second-order valence-electron chi connectivity index (χ2n) is 9.56. The summed E-state index contributed by atoms with van der Waals surface area (Å²) >= 11 is 0. The van der Waals surface area contributed by atoms with Crippen molar-refractivity contribution in [1.29, 1.82) is 5.41 Å². The number of aliphatic imine (C=N–C) groups is 1. The van der Waals surface area contributed by atoms with Gasteiger partial charge in [-0.1, -0.05) is 13.0 Å². The Kier molecular flexibility index (Phi) is 10.9. The number of aromatic nitrogens is 1. The molecule has 1 aromatic carbocycles. The van der Waals surface area contributed by atoms with Crippen molar-refractivity contribution in [2.45, 2.75) is 58.9 Å². The Balaban J connectivity index is 2.00. The van der Waals surface area contributed by atoms with Crippen molar-refractivity contribution in [2.75, 3.05) is 18.2 Å². The molecule has 3 rings (SSSR count). The van der Waals surface area contributed by atoms with Gasteiger partial charge >= 0.3 is 18.0 Å². The van der Waals surface area contributed by atoms with E-state index in [0.717, 1.165) is 17.7 Å². The fraction of sp³-hybridized carbons (Fsp3) is 0.393. The predicted molar refractivity (Wildman–Crippen MR) is 152 cm³/mol. The van der Waals surface area contributed by atoms with Crippen molar-refractivity contribution < 1.29 is 38.6 Å². The van der Waals surface area contributed by atoms with Gasteiger partial charge in [-0.3, -0.25) is 24.6 Å². The minimum Gasteiger partial charge on any atom is -0.481 e. The molecule has 3 amide bonds. The number of amides is 3. The van der Waals surface area contributed by atoms with Crippen LogP contribution in [0.1, 0.15) is 76.6 Å². The molecule has 0 unspecified atom stereocenters. The molecule has 1 aliphatic rings. The second-order valence-corrected chi connectivity index (χ2v) is 9.56. The third-order valence-electron chi connectivity index (χ3n) is 6.29. The lowest BCUT2D eigenvalue weighted by Crippen LogP contribution is -2.40. The number of anilines is 1. The SMILES string of the molecule is CCCNC(=O)c1ccc(C)c(N(C(=O)OCOC(=O)CCC(=O)O)/C(=N/C=N)c2[nH]cc(C(=O)NC3CC3)c2C)c1. The summed E-state index contributed by atoms with van der Waals surface area (Å²) in [5.41, 5.74) is 1.95. The number of carbonyl (C=O) groups is 5. The van der Waals surface area contributed by atoms with Gasteiger partial charge in [0.25, 0.3) is 11.8 Å². The van der Waals surface area contributed by atoms with E-state index in [1.54, 1.807) is 26.0 Å². The standard InChI is InChI=1S/C28H34N6O8/c1-4-11-30-26(38)18-6-5-16(2)21(12-18)34(28(40)42-15-41-23(37)10-9-22(35)36)25(32-14-29)24-17(3)20(13-31-24)27(39)33-19-7-8-19/h5-6,12-14,19,29,31H,4,7-11,15H2,1-3H3,(H,30,38)(H,33,39)(H,35,36)/b29-14?,32-25+. The molecule has 224 valence electrons. The van der Waals surface area contributed by atoms with E-state index in [4.69, 9.17) is 20.0 Å². The van der Waals surface area contributed by atoms with E-state index in [-0.39, 0.29) is 40.6 Å². The Morgan fingerprint density at radius 1 is 1.14 bits per heavy atom. The van der Waals surface area contributed by atoms with Crippen LogP contribution in [0.3, 0.4) is 0 Å². The molecule has 14 nitrogen and oxygen atoms in total. The molecular weight excluding hydrogens is 548 g/mol. The smallest absolute Gasteiger partial charge is 0.423 e. The van der Waals surface area contributed by atoms with Gasteiger partial charge in [0.15, 0.2) is 5.84 Å². The first-order valence-corrected chi connectivity index (χ1v) is 13.4. The summed E-state index contributed by atoms with van der Waals surface area (Å²) in [5, 5.41) is 22.1. The van der Waals surface area contributed by atoms with Gasteiger partial charge in [0.1, 0.15) is 6.34 Å². The molecule has 1 aliphatic carbocycles. The summed E-state index contributed by atoms with van der Waals surface area (Å²) in [4.78, 5) is 69.7. The van der Waals surface area contributed by atoms with Crippen LogP contribution >= 0.6 is 0 Å². The number of rotatable bonds is 13. The molecule has 5 N–H and O–H groups in total. The molecule has 0 bridgehead atoms. The number of amidine groups is 1. The fourth-order valence-corrected chi connectivity index (χ4v) is 3.87. The van der Waals surface area contributed by atoms with E-state index in [1.165, 1.54) is 12.3 Å². The molecule has 2 aromatic rings. The zero-order chi connectivity index (χ0) is 30.8. The quantitative estimate of drug-likeness (QED) is 0.103. The highest BCUT2D eigenvalue weighted by atomic mass is 16.7. The van der Waals surface area contributed by atoms with Crippen molar-refractivity contribution in [3.63, 3.8) is 0 Å². The molecule has 1 heterocycles. The van der Waals surface area contributed by atoms with Crippen LogP contribution in [0.5, 0.6) is 0 Å². The number of nitrogens with zero attached hydrogens (tertiary/aromatic N) is 2. The van der Waals surface area contributed by atoms with Crippen molar-refractivity contribution in [1.82, 2.24) is 15.6 Å². The van der Waals surface area contributed by atoms with Crippen LogP contribution in [-0.2, 0) is 19.1 Å². The van der Waals surface area contributed by atoms with Gasteiger partial charge in [-0.05, 0) is 56.4 Å². The molecule has 42 heavy (non-hydrogen) atoms. The Labute approximate surface area is 242 Å². The molecule has 0 saturated heterocycles. The third-order valence-corrected chi connectivity index (χ3v) is 6.29. The predicted octanol–water partition coefficient (Wildman–Crippen LogP) is 3.03. The van der Waals surface area contributed by atoms with Crippen LogP contribution < -0.4 is 15.5 Å². The fourth-order valence-electron chi connectivity index (χ4n) is 3.87. The van der Waals surface area contributed by atoms with Gasteiger partial charge in [0.2, 0.25) is 6.79 Å². The lowest BCUT2D eigenvalue weighted by Gasteiger charge is -2.25. The molecule has 1 fully saturated rings. The summed E-state index contributed by atoms with van der Waals surface area (Å²) in [6, 6.07) is 4.78. The Bertz CT molecular complexity index is 1390. The first-order valence-electron chi connectivity index (χ1n) is 13.4.